The highest BCUT2D eigenvalue weighted by Crippen LogP contribution is 2.33. The number of carbonyl (C=O) groups is 2. The summed E-state index contributed by atoms with van der Waals surface area (Å²) in [4.78, 5) is 28.6. The zero-order valence-corrected chi connectivity index (χ0v) is 15.6. The van der Waals surface area contributed by atoms with Gasteiger partial charge >= 0.3 is 5.97 Å². The Morgan fingerprint density at radius 1 is 1.48 bits per heavy atom. The van der Waals surface area contributed by atoms with Crippen molar-refractivity contribution in [1.29, 1.82) is 0 Å². The van der Waals surface area contributed by atoms with Crippen LogP contribution < -0.4 is 0 Å². The van der Waals surface area contributed by atoms with Crippen LogP contribution in [0.3, 0.4) is 0 Å². The molecule has 6 nitrogen and oxygen atoms in total. The van der Waals surface area contributed by atoms with Gasteiger partial charge in [0.25, 0.3) is 5.91 Å². The van der Waals surface area contributed by atoms with E-state index in [9.17, 15) is 9.59 Å². The standard InChI is InChI=1S/C17H20N2O4S2/c1-2-22-16(21)12-5-7-18(8-6-12)11-14-15(20)19(17(24)25-14)10-13-4-3-9-23-13/h3-4,9,11-12H,2,5-8,10H2,1H3/b14-11+. The van der Waals surface area contributed by atoms with E-state index in [4.69, 9.17) is 21.4 Å². The van der Waals surface area contributed by atoms with E-state index >= 15 is 0 Å². The van der Waals surface area contributed by atoms with Crippen LogP contribution in [-0.4, -0.2) is 45.7 Å². The molecule has 1 amide bonds. The molecule has 1 aromatic rings. The molecule has 8 heteroatoms. The van der Waals surface area contributed by atoms with Crippen LogP contribution in [0.5, 0.6) is 0 Å². The highest BCUT2D eigenvalue weighted by Gasteiger charge is 2.34. The second-order valence-electron chi connectivity index (χ2n) is 5.89. The first-order valence-electron chi connectivity index (χ1n) is 8.27. The number of rotatable bonds is 5. The van der Waals surface area contributed by atoms with Crippen LogP contribution in [0.4, 0.5) is 0 Å². The first-order valence-corrected chi connectivity index (χ1v) is 9.49. The van der Waals surface area contributed by atoms with Crippen molar-refractivity contribution in [1.82, 2.24) is 9.80 Å². The Morgan fingerprint density at radius 3 is 2.88 bits per heavy atom. The van der Waals surface area contributed by atoms with E-state index in [0.717, 1.165) is 25.9 Å². The zero-order chi connectivity index (χ0) is 17.8. The molecule has 3 heterocycles. The Kier molecular flexibility index (Phi) is 5.80. The van der Waals surface area contributed by atoms with Crippen LogP contribution >= 0.6 is 24.0 Å². The quantitative estimate of drug-likeness (QED) is 0.442. The number of nitrogens with zero attached hydrogens (tertiary/aromatic N) is 2. The summed E-state index contributed by atoms with van der Waals surface area (Å²) >= 11 is 6.63. The molecular formula is C17H20N2O4S2. The summed E-state index contributed by atoms with van der Waals surface area (Å²) in [5.74, 6) is 0.441. The molecule has 0 radical (unpaired) electrons. The minimum absolute atomic E-state index is 0.0435. The van der Waals surface area contributed by atoms with Gasteiger partial charge in [0.1, 0.15) is 10.1 Å². The van der Waals surface area contributed by atoms with Crippen molar-refractivity contribution >= 4 is 40.2 Å². The first-order chi connectivity index (χ1) is 12.1. The van der Waals surface area contributed by atoms with Crippen molar-refractivity contribution in [3.8, 4) is 0 Å². The third kappa shape index (κ3) is 4.24. The average molecular weight is 380 g/mol. The fourth-order valence-corrected chi connectivity index (χ4v) is 4.14. The second-order valence-corrected chi connectivity index (χ2v) is 7.57. The normalized spacial score (nSPS) is 20.6. The summed E-state index contributed by atoms with van der Waals surface area (Å²) in [5.41, 5.74) is 0. The fourth-order valence-electron chi connectivity index (χ4n) is 2.88. The monoisotopic (exact) mass is 380 g/mol. The van der Waals surface area contributed by atoms with E-state index in [-0.39, 0.29) is 17.8 Å². The summed E-state index contributed by atoms with van der Waals surface area (Å²) in [6.45, 7) is 4.03. The van der Waals surface area contributed by atoms with Gasteiger partial charge in [-0.1, -0.05) is 24.0 Å². The SMILES string of the molecule is CCOC(=O)C1CCN(/C=C2/SC(=S)N(Cc3ccco3)C2=O)CC1. The zero-order valence-electron chi connectivity index (χ0n) is 14.0. The largest absolute Gasteiger partial charge is 0.467 e. The van der Waals surface area contributed by atoms with E-state index in [2.05, 4.69) is 4.90 Å². The number of esters is 1. The molecule has 0 aromatic carbocycles. The van der Waals surface area contributed by atoms with Crippen LogP contribution in [0.25, 0.3) is 0 Å². The lowest BCUT2D eigenvalue weighted by Gasteiger charge is -2.30. The number of ether oxygens (including phenoxy) is 1. The maximum Gasteiger partial charge on any atom is 0.309 e. The van der Waals surface area contributed by atoms with Gasteiger partial charge in [0.15, 0.2) is 0 Å². The molecule has 0 saturated carbocycles. The molecule has 0 atom stereocenters. The number of hydrogen-bond acceptors (Lipinski definition) is 7. The maximum atomic E-state index is 12.6. The van der Waals surface area contributed by atoms with Gasteiger partial charge in [-0.05, 0) is 31.9 Å². The highest BCUT2D eigenvalue weighted by molar-refractivity contribution is 8.26. The number of thiocarbonyl (C=S) groups is 1. The van der Waals surface area contributed by atoms with Crippen molar-refractivity contribution in [3.63, 3.8) is 0 Å². The lowest BCUT2D eigenvalue weighted by molar-refractivity contribution is -0.149. The summed E-state index contributed by atoms with van der Waals surface area (Å²) in [5, 5.41) is 0. The van der Waals surface area contributed by atoms with Crippen LogP contribution in [0.15, 0.2) is 33.9 Å². The molecular weight excluding hydrogens is 360 g/mol. The molecule has 2 aliphatic rings. The van der Waals surface area contributed by atoms with E-state index in [1.54, 1.807) is 17.2 Å². The maximum absolute atomic E-state index is 12.6. The Hall–Kier alpha value is -1.80. The van der Waals surface area contributed by atoms with Gasteiger partial charge in [-0.25, -0.2) is 0 Å². The van der Waals surface area contributed by atoms with Crippen LogP contribution in [0, 0.1) is 5.92 Å². The number of piperidine rings is 1. The summed E-state index contributed by atoms with van der Waals surface area (Å²) < 4.78 is 10.9. The minimum atomic E-state index is -0.119. The van der Waals surface area contributed by atoms with Crippen LogP contribution in [0.2, 0.25) is 0 Å². The Bertz CT molecular complexity index is 679. The molecule has 2 saturated heterocycles. The third-order valence-corrected chi connectivity index (χ3v) is 5.58. The highest BCUT2D eigenvalue weighted by atomic mass is 32.2. The Labute approximate surface area is 156 Å². The van der Waals surface area contributed by atoms with Gasteiger partial charge in [0, 0.05) is 19.3 Å². The number of thioether (sulfide) groups is 1. The number of hydrogen-bond donors (Lipinski definition) is 0. The molecule has 0 aliphatic carbocycles. The molecule has 2 aliphatic heterocycles. The first kappa shape index (κ1) is 18.0. The molecule has 0 N–H and O–H groups in total. The van der Waals surface area contributed by atoms with Crippen molar-refractivity contribution in [2.24, 2.45) is 5.92 Å². The van der Waals surface area contributed by atoms with E-state index in [1.165, 1.54) is 11.8 Å². The van der Waals surface area contributed by atoms with E-state index in [0.29, 0.717) is 28.1 Å². The van der Waals surface area contributed by atoms with Gasteiger partial charge in [-0.2, -0.15) is 0 Å². The summed E-state index contributed by atoms with van der Waals surface area (Å²) in [6, 6.07) is 3.61. The van der Waals surface area contributed by atoms with E-state index in [1.807, 2.05) is 19.2 Å². The molecule has 0 unspecified atom stereocenters. The second kappa shape index (κ2) is 8.05. The Morgan fingerprint density at radius 2 is 2.24 bits per heavy atom. The minimum Gasteiger partial charge on any atom is -0.467 e. The number of amides is 1. The smallest absolute Gasteiger partial charge is 0.309 e. The number of furan rings is 1. The van der Waals surface area contributed by atoms with Crippen LogP contribution in [-0.2, 0) is 20.9 Å². The lowest BCUT2D eigenvalue weighted by Crippen LogP contribution is -2.34. The molecule has 134 valence electrons. The van der Waals surface area contributed by atoms with Crippen molar-refractivity contribution in [3.05, 3.63) is 35.3 Å². The molecule has 3 rings (SSSR count). The third-order valence-electron chi connectivity index (χ3n) is 4.22. The van der Waals surface area contributed by atoms with Gasteiger partial charge in [-0.15, -0.1) is 0 Å². The van der Waals surface area contributed by atoms with Gasteiger partial charge < -0.3 is 14.1 Å². The summed E-state index contributed by atoms with van der Waals surface area (Å²) in [6.07, 6.45) is 4.92. The summed E-state index contributed by atoms with van der Waals surface area (Å²) in [7, 11) is 0. The molecule has 2 fully saturated rings. The molecule has 25 heavy (non-hydrogen) atoms. The lowest BCUT2D eigenvalue weighted by atomic mass is 9.97. The van der Waals surface area contributed by atoms with Gasteiger partial charge in [-0.3, -0.25) is 14.5 Å². The average Bonchev–Trinajstić information content (AvgIpc) is 3.20. The number of likely N-dealkylation sites (tertiary alicyclic amines) is 1. The van der Waals surface area contributed by atoms with E-state index < -0.39 is 0 Å². The molecule has 0 bridgehead atoms. The molecule has 0 spiro atoms. The predicted octanol–water partition coefficient (Wildman–Crippen LogP) is 2.76. The van der Waals surface area contributed by atoms with Gasteiger partial charge in [0.05, 0.1) is 30.2 Å². The predicted molar refractivity (Wildman–Crippen MR) is 98.5 cm³/mol. The van der Waals surface area contributed by atoms with Gasteiger partial charge in [0.2, 0.25) is 0 Å². The number of carbonyl (C=O) groups excluding carboxylic acids is 2. The van der Waals surface area contributed by atoms with Crippen molar-refractivity contribution < 1.29 is 18.7 Å². The van der Waals surface area contributed by atoms with Crippen molar-refractivity contribution in [2.45, 2.75) is 26.3 Å². The topological polar surface area (TPSA) is 63.0 Å². The Balaban J connectivity index is 1.58. The fraction of sp³-hybridized carbons (Fsp3) is 0.471. The van der Waals surface area contributed by atoms with Crippen LogP contribution in [0.1, 0.15) is 25.5 Å². The van der Waals surface area contributed by atoms with Crippen molar-refractivity contribution in [2.75, 3.05) is 19.7 Å². The molecule has 1 aromatic heterocycles.